The maximum absolute atomic E-state index is 12.8. The molecule has 7 nitrogen and oxygen atoms in total. The van der Waals surface area contributed by atoms with Crippen LogP contribution >= 0.6 is 35.4 Å². The molecule has 0 saturated heterocycles. The van der Waals surface area contributed by atoms with E-state index in [-0.39, 0.29) is 10.9 Å². The van der Waals surface area contributed by atoms with E-state index in [2.05, 4.69) is 10.6 Å². The van der Waals surface area contributed by atoms with Crippen LogP contribution in [-0.2, 0) is 0 Å². The number of anilines is 1. The highest BCUT2D eigenvalue weighted by Gasteiger charge is 2.16. The Kier molecular flexibility index (Phi) is 7.20. The molecule has 5 aromatic rings. The van der Waals surface area contributed by atoms with Crippen LogP contribution in [-0.4, -0.2) is 18.1 Å². The second kappa shape index (κ2) is 10.7. The lowest BCUT2D eigenvalue weighted by molar-refractivity contribution is 0.0951. The number of carbonyl (C=O) groups excluding carboxylic acids is 1. The van der Waals surface area contributed by atoms with Crippen molar-refractivity contribution in [3.63, 3.8) is 0 Å². The third-order valence-corrected chi connectivity index (χ3v) is 6.60. The van der Waals surface area contributed by atoms with Crippen molar-refractivity contribution in [2.24, 2.45) is 0 Å². The van der Waals surface area contributed by atoms with Gasteiger partial charge in [0, 0.05) is 10.9 Å². The van der Waals surface area contributed by atoms with Crippen molar-refractivity contribution in [2.75, 3.05) is 12.4 Å². The second-order valence-electron chi connectivity index (χ2n) is 8.10. The first-order chi connectivity index (χ1) is 18.3. The topological polar surface area (TPSA) is 93.7 Å². The quantitative estimate of drug-likeness (QED) is 0.173. The molecule has 0 atom stereocenters. The lowest BCUT2D eigenvalue weighted by atomic mass is 10.0. The van der Waals surface area contributed by atoms with Gasteiger partial charge in [-0.05, 0) is 72.4 Å². The van der Waals surface area contributed by atoms with Crippen molar-refractivity contribution in [1.29, 1.82) is 0 Å². The SMILES string of the molecule is COc1ccc(-c2cc3ccccc3oc2=O)cc1NC(=S)NC(=O)c1ccc(-c2ccc(Cl)c(Cl)c2)o1. The molecule has 0 saturated carbocycles. The number of fused-ring (bicyclic) bond motifs is 1. The van der Waals surface area contributed by atoms with E-state index in [1.165, 1.54) is 13.2 Å². The molecule has 1 amide bonds. The number of thiocarbonyl (C=S) groups is 1. The van der Waals surface area contributed by atoms with Crippen LogP contribution in [0.25, 0.3) is 33.4 Å². The van der Waals surface area contributed by atoms with Crippen LogP contribution in [0.1, 0.15) is 10.6 Å². The number of hydrogen-bond acceptors (Lipinski definition) is 6. The number of halogens is 2. The van der Waals surface area contributed by atoms with Gasteiger partial charge in [0.1, 0.15) is 17.1 Å². The Morgan fingerprint density at radius 2 is 1.68 bits per heavy atom. The van der Waals surface area contributed by atoms with Crippen LogP contribution in [0.2, 0.25) is 10.0 Å². The molecule has 2 heterocycles. The summed E-state index contributed by atoms with van der Waals surface area (Å²) in [5, 5.41) is 7.10. The van der Waals surface area contributed by atoms with E-state index < -0.39 is 11.5 Å². The molecule has 0 spiro atoms. The molecule has 0 fully saturated rings. The van der Waals surface area contributed by atoms with Crippen LogP contribution in [0.15, 0.2) is 92.5 Å². The number of benzene rings is 3. The van der Waals surface area contributed by atoms with Crippen molar-refractivity contribution >= 4 is 63.1 Å². The van der Waals surface area contributed by atoms with Gasteiger partial charge in [0.2, 0.25) is 0 Å². The summed E-state index contributed by atoms with van der Waals surface area (Å²) in [5.41, 5.74) is 2.08. The van der Waals surface area contributed by atoms with Gasteiger partial charge in [-0.3, -0.25) is 10.1 Å². The van der Waals surface area contributed by atoms with Gasteiger partial charge in [-0.25, -0.2) is 4.79 Å². The molecule has 0 bridgehead atoms. The zero-order chi connectivity index (χ0) is 26.8. The summed E-state index contributed by atoms with van der Waals surface area (Å²) in [6, 6.07) is 22.3. The van der Waals surface area contributed by atoms with Crippen molar-refractivity contribution in [3.8, 4) is 28.2 Å². The van der Waals surface area contributed by atoms with Crippen molar-refractivity contribution in [2.45, 2.75) is 0 Å². The number of furan rings is 1. The predicted octanol–water partition coefficient (Wildman–Crippen LogP) is 7.16. The standard InChI is InChI=1S/C28H18Cl2N2O5S/c1-35-24-9-7-15(18-12-16-4-2-3-5-22(16)37-27(18)34)14-21(24)31-28(38)32-26(33)25-11-10-23(36-25)17-6-8-19(29)20(30)13-17/h2-14H,1H3,(H2,31,32,33,38). The molecule has 38 heavy (non-hydrogen) atoms. The molecule has 10 heteroatoms. The molecular weight excluding hydrogens is 547 g/mol. The minimum Gasteiger partial charge on any atom is -0.495 e. The average molecular weight is 565 g/mol. The van der Waals surface area contributed by atoms with E-state index in [0.29, 0.717) is 49.5 Å². The van der Waals surface area contributed by atoms with Gasteiger partial charge in [0.05, 0.1) is 28.4 Å². The fourth-order valence-electron chi connectivity index (χ4n) is 3.82. The molecule has 2 aromatic heterocycles. The lowest BCUT2D eigenvalue weighted by Crippen LogP contribution is -2.34. The average Bonchev–Trinajstić information content (AvgIpc) is 3.40. The normalized spacial score (nSPS) is 10.8. The fraction of sp³-hybridized carbons (Fsp3) is 0.0357. The number of methoxy groups -OCH3 is 1. The van der Waals surface area contributed by atoms with Crippen LogP contribution < -0.4 is 21.0 Å². The molecule has 190 valence electrons. The van der Waals surface area contributed by atoms with Gasteiger partial charge >= 0.3 is 5.63 Å². The van der Waals surface area contributed by atoms with Crippen molar-refractivity contribution in [3.05, 3.63) is 105 Å². The number of para-hydroxylation sites is 1. The van der Waals surface area contributed by atoms with Crippen LogP contribution in [0.3, 0.4) is 0 Å². The predicted molar refractivity (Wildman–Crippen MR) is 152 cm³/mol. The summed E-state index contributed by atoms with van der Waals surface area (Å²) in [4.78, 5) is 25.4. The summed E-state index contributed by atoms with van der Waals surface area (Å²) >= 11 is 17.4. The maximum atomic E-state index is 12.8. The molecular formula is C28H18Cl2N2O5S. The third-order valence-electron chi connectivity index (χ3n) is 5.66. The Bertz CT molecular complexity index is 1760. The number of amides is 1. The summed E-state index contributed by atoms with van der Waals surface area (Å²) in [5.74, 6) is 0.385. The van der Waals surface area contributed by atoms with E-state index >= 15 is 0 Å². The van der Waals surface area contributed by atoms with Crippen LogP contribution in [0.4, 0.5) is 5.69 Å². The summed E-state index contributed by atoms with van der Waals surface area (Å²) in [6.45, 7) is 0. The highest BCUT2D eigenvalue weighted by molar-refractivity contribution is 7.80. The first-order valence-corrected chi connectivity index (χ1v) is 12.4. The largest absolute Gasteiger partial charge is 0.495 e. The maximum Gasteiger partial charge on any atom is 0.344 e. The minimum atomic E-state index is -0.556. The van der Waals surface area contributed by atoms with E-state index in [0.717, 1.165) is 5.39 Å². The van der Waals surface area contributed by atoms with E-state index in [4.69, 9.17) is 49.0 Å². The number of hydrogen-bond donors (Lipinski definition) is 2. The third kappa shape index (κ3) is 5.28. The molecule has 0 aliphatic heterocycles. The lowest BCUT2D eigenvalue weighted by Gasteiger charge is -2.14. The smallest absolute Gasteiger partial charge is 0.344 e. The van der Waals surface area contributed by atoms with E-state index in [1.807, 2.05) is 12.1 Å². The first-order valence-electron chi connectivity index (χ1n) is 11.2. The number of ether oxygens (including phenoxy) is 1. The number of carbonyl (C=O) groups is 1. The Morgan fingerprint density at radius 3 is 2.47 bits per heavy atom. The van der Waals surface area contributed by atoms with Crippen LogP contribution in [0, 0.1) is 0 Å². The van der Waals surface area contributed by atoms with Gasteiger partial charge in [-0.15, -0.1) is 0 Å². The fourth-order valence-corrected chi connectivity index (χ4v) is 4.32. The van der Waals surface area contributed by atoms with Gasteiger partial charge < -0.3 is 18.9 Å². The summed E-state index contributed by atoms with van der Waals surface area (Å²) in [7, 11) is 1.50. The van der Waals surface area contributed by atoms with Crippen LogP contribution in [0.5, 0.6) is 5.75 Å². The Hall–Kier alpha value is -4.11. The monoisotopic (exact) mass is 564 g/mol. The molecule has 0 aliphatic rings. The van der Waals surface area contributed by atoms with Crippen molar-refractivity contribution < 1.29 is 18.4 Å². The Morgan fingerprint density at radius 1 is 0.895 bits per heavy atom. The summed E-state index contributed by atoms with van der Waals surface area (Å²) < 4.78 is 16.6. The Balaban J connectivity index is 1.35. The van der Waals surface area contributed by atoms with E-state index in [9.17, 15) is 9.59 Å². The van der Waals surface area contributed by atoms with Gasteiger partial charge in [0.25, 0.3) is 5.91 Å². The number of rotatable bonds is 5. The van der Waals surface area contributed by atoms with Gasteiger partial charge in [0.15, 0.2) is 10.9 Å². The summed E-state index contributed by atoms with van der Waals surface area (Å²) in [6.07, 6.45) is 0. The zero-order valence-electron chi connectivity index (χ0n) is 19.7. The van der Waals surface area contributed by atoms with E-state index in [1.54, 1.807) is 60.7 Å². The highest BCUT2D eigenvalue weighted by atomic mass is 35.5. The van der Waals surface area contributed by atoms with Gasteiger partial charge in [-0.2, -0.15) is 0 Å². The van der Waals surface area contributed by atoms with Gasteiger partial charge in [-0.1, -0.05) is 47.5 Å². The molecule has 0 unspecified atom stereocenters. The first kappa shape index (κ1) is 25.5. The molecule has 3 aromatic carbocycles. The zero-order valence-corrected chi connectivity index (χ0v) is 22.0. The molecule has 5 rings (SSSR count). The molecule has 0 aliphatic carbocycles. The second-order valence-corrected chi connectivity index (χ2v) is 9.32. The number of nitrogens with one attached hydrogen (secondary N) is 2. The minimum absolute atomic E-state index is 0.00323. The van der Waals surface area contributed by atoms with Crippen molar-refractivity contribution in [1.82, 2.24) is 5.32 Å². The molecule has 0 radical (unpaired) electrons. The Labute approximate surface area is 231 Å². The highest BCUT2D eigenvalue weighted by Crippen LogP contribution is 2.31. The molecule has 2 N–H and O–H groups in total.